The summed E-state index contributed by atoms with van der Waals surface area (Å²) in [6.45, 7) is 4.43. The minimum Gasteiger partial charge on any atom is -0.337 e. The van der Waals surface area contributed by atoms with Gasteiger partial charge < -0.3 is 4.90 Å². The second-order valence-corrected chi connectivity index (χ2v) is 9.69. The van der Waals surface area contributed by atoms with Crippen LogP contribution in [0.25, 0.3) is 16.2 Å². The van der Waals surface area contributed by atoms with E-state index < -0.39 is 11.9 Å². The molecule has 0 spiro atoms. The van der Waals surface area contributed by atoms with Gasteiger partial charge in [0.25, 0.3) is 0 Å². The Balaban J connectivity index is 1.42. The molecule has 1 saturated heterocycles. The number of pyridine rings is 1. The molecule has 0 unspecified atom stereocenters. The van der Waals surface area contributed by atoms with Crippen LogP contribution in [-0.4, -0.2) is 47.7 Å². The highest BCUT2D eigenvalue weighted by molar-refractivity contribution is 7.15. The van der Waals surface area contributed by atoms with Gasteiger partial charge >= 0.3 is 6.18 Å². The van der Waals surface area contributed by atoms with Gasteiger partial charge in [0.05, 0.1) is 11.8 Å². The number of rotatable bonds is 5. The van der Waals surface area contributed by atoms with Gasteiger partial charge in [0.1, 0.15) is 10.7 Å². The third kappa shape index (κ3) is 3.95. The van der Waals surface area contributed by atoms with Gasteiger partial charge in [-0.25, -0.2) is 9.50 Å². The van der Waals surface area contributed by atoms with Gasteiger partial charge in [-0.2, -0.15) is 23.3 Å². The number of thiazole rings is 1. The molecule has 8 nitrogen and oxygen atoms in total. The molecule has 0 radical (unpaired) electrons. The Morgan fingerprint density at radius 1 is 1.29 bits per heavy atom. The Labute approximate surface area is 197 Å². The largest absolute Gasteiger partial charge is 0.434 e. The molecular formula is C22H22F3N7OS. The lowest BCUT2D eigenvalue weighted by Gasteiger charge is -2.18. The zero-order valence-electron chi connectivity index (χ0n) is 18.8. The Morgan fingerprint density at radius 3 is 2.76 bits per heavy atom. The molecule has 0 aromatic carbocycles. The first-order chi connectivity index (χ1) is 16.1. The summed E-state index contributed by atoms with van der Waals surface area (Å²) in [5.74, 6) is 0.399. The molecule has 1 aliphatic rings. The molecule has 0 amide bonds. The summed E-state index contributed by atoms with van der Waals surface area (Å²) in [4.78, 5) is 23.8. The van der Waals surface area contributed by atoms with Crippen LogP contribution < -0.4 is 4.90 Å². The lowest BCUT2D eigenvalue weighted by molar-refractivity contribution is -0.141. The van der Waals surface area contributed by atoms with Crippen molar-refractivity contribution in [3.63, 3.8) is 0 Å². The van der Waals surface area contributed by atoms with Crippen LogP contribution in [0.3, 0.4) is 0 Å². The maximum Gasteiger partial charge on any atom is 0.434 e. The number of fused-ring (bicyclic) bond motifs is 1. The fourth-order valence-electron chi connectivity index (χ4n) is 4.34. The molecule has 5 rings (SSSR count). The lowest BCUT2D eigenvalue weighted by atomic mass is 10.1. The van der Waals surface area contributed by atoms with Crippen LogP contribution in [0.2, 0.25) is 0 Å². The quantitative estimate of drug-likeness (QED) is 0.388. The number of alkyl halides is 3. The number of halogens is 3. The van der Waals surface area contributed by atoms with E-state index >= 15 is 0 Å². The monoisotopic (exact) mass is 489 g/mol. The van der Waals surface area contributed by atoms with E-state index in [2.05, 4.69) is 32.0 Å². The van der Waals surface area contributed by atoms with Crippen molar-refractivity contribution in [3.05, 3.63) is 46.4 Å². The zero-order chi connectivity index (χ0) is 24.2. The smallest absolute Gasteiger partial charge is 0.337 e. The zero-order valence-corrected chi connectivity index (χ0v) is 19.6. The van der Waals surface area contributed by atoms with Gasteiger partial charge in [-0.1, -0.05) is 0 Å². The van der Waals surface area contributed by atoms with E-state index in [1.165, 1.54) is 17.8 Å². The predicted molar refractivity (Wildman–Crippen MR) is 121 cm³/mol. The van der Waals surface area contributed by atoms with E-state index in [1.807, 2.05) is 0 Å². The number of aryl methyl sites for hydroxylation is 2. The summed E-state index contributed by atoms with van der Waals surface area (Å²) in [7, 11) is 1.59. The number of aromatic nitrogens is 6. The number of Topliss-reactive ketones (excluding diaryl/α,β-unsaturated/α-hetero) is 1. The third-order valence-corrected chi connectivity index (χ3v) is 7.07. The molecule has 12 heteroatoms. The average Bonchev–Trinajstić information content (AvgIpc) is 3.52. The molecule has 0 aliphatic carbocycles. The Morgan fingerprint density at radius 2 is 2.09 bits per heavy atom. The normalized spacial score (nSPS) is 16.6. The van der Waals surface area contributed by atoms with Crippen LogP contribution in [0.5, 0.6) is 0 Å². The van der Waals surface area contributed by atoms with E-state index in [-0.39, 0.29) is 27.8 Å². The number of hydrogen-bond acceptors (Lipinski definition) is 7. The first kappa shape index (κ1) is 22.5. The summed E-state index contributed by atoms with van der Waals surface area (Å²) in [5, 5.41) is 8.78. The number of anilines is 1. The summed E-state index contributed by atoms with van der Waals surface area (Å²) < 4.78 is 42.7. The minimum absolute atomic E-state index is 0.0435. The lowest BCUT2D eigenvalue weighted by Crippen LogP contribution is -2.27. The summed E-state index contributed by atoms with van der Waals surface area (Å²) in [5.41, 5.74) is 0.940. The Bertz CT molecular complexity index is 1390. The second kappa shape index (κ2) is 8.19. The predicted octanol–water partition coefficient (Wildman–Crippen LogP) is 4.33. The molecule has 1 atom stereocenters. The number of carbonyl (C=O) groups excluding carboxylic acids is 1. The molecule has 4 aromatic heterocycles. The Hall–Kier alpha value is -3.28. The van der Waals surface area contributed by atoms with E-state index in [0.717, 1.165) is 36.3 Å². The molecule has 5 heterocycles. The Kier molecular flexibility index (Phi) is 5.42. The first-order valence-electron chi connectivity index (χ1n) is 10.8. The topological polar surface area (TPSA) is 81.2 Å². The molecule has 34 heavy (non-hydrogen) atoms. The maximum absolute atomic E-state index is 13.2. The molecule has 0 bridgehead atoms. The van der Waals surface area contributed by atoms with E-state index in [0.29, 0.717) is 23.2 Å². The van der Waals surface area contributed by atoms with E-state index in [1.54, 1.807) is 29.9 Å². The van der Waals surface area contributed by atoms with Crippen LogP contribution in [-0.2, 0) is 19.6 Å². The van der Waals surface area contributed by atoms with Crippen LogP contribution in [0.1, 0.15) is 46.4 Å². The molecule has 0 saturated carbocycles. The van der Waals surface area contributed by atoms with E-state index in [4.69, 9.17) is 0 Å². The highest BCUT2D eigenvalue weighted by atomic mass is 32.1. The van der Waals surface area contributed by atoms with Crippen LogP contribution in [0, 0.1) is 6.92 Å². The van der Waals surface area contributed by atoms with Crippen molar-refractivity contribution in [1.82, 2.24) is 29.4 Å². The van der Waals surface area contributed by atoms with Crippen molar-refractivity contribution >= 4 is 28.7 Å². The van der Waals surface area contributed by atoms with Gasteiger partial charge in [-0.15, -0.1) is 16.4 Å². The minimum atomic E-state index is -4.55. The van der Waals surface area contributed by atoms with Crippen LogP contribution in [0.15, 0.2) is 24.5 Å². The standard InChI is InChI=1S/C22H22F3N7OS/c1-12-5-4-7-31(12)21-27-17-10-14(6-8-32(17)29-21)9-16(33)18-15(11-26-30(18)3)20-28-19(13(2)34-20)22(23,24)25/h6,8,10-12H,4-5,7,9H2,1-3H3/t12-/m0/s1. The maximum atomic E-state index is 13.2. The average molecular weight is 490 g/mol. The van der Waals surface area contributed by atoms with Gasteiger partial charge in [-0.05, 0) is 44.4 Å². The van der Waals surface area contributed by atoms with Crippen molar-refractivity contribution in [2.75, 3.05) is 11.4 Å². The van der Waals surface area contributed by atoms with Gasteiger partial charge in [0.15, 0.2) is 17.1 Å². The number of hydrogen-bond donors (Lipinski definition) is 0. The summed E-state index contributed by atoms with van der Waals surface area (Å²) >= 11 is 0.899. The molecule has 1 aliphatic heterocycles. The summed E-state index contributed by atoms with van der Waals surface area (Å²) in [6.07, 6.45) is 0.848. The summed E-state index contributed by atoms with van der Waals surface area (Å²) in [6, 6.07) is 3.98. The molecule has 178 valence electrons. The van der Waals surface area contributed by atoms with Crippen molar-refractivity contribution in [1.29, 1.82) is 0 Å². The molecule has 1 fully saturated rings. The van der Waals surface area contributed by atoms with Gasteiger partial charge in [-0.3, -0.25) is 9.48 Å². The van der Waals surface area contributed by atoms with Crippen molar-refractivity contribution in [3.8, 4) is 10.6 Å². The van der Waals surface area contributed by atoms with Crippen LogP contribution >= 0.6 is 11.3 Å². The SMILES string of the molecule is Cc1sc(-c2cnn(C)c2C(=O)Cc2ccn3nc(N4CCC[C@@H]4C)nc3c2)nc1C(F)(F)F. The first-order valence-corrected chi connectivity index (χ1v) is 11.7. The number of nitrogens with zero attached hydrogens (tertiary/aromatic N) is 7. The number of ketones is 1. The van der Waals surface area contributed by atoms with E-state index in [9.17, 15) is 18.0 Å². The second-order valence-electron chi connectivity index (χ2n) is 8.49. The molecular weight excluding hydrogens is 467 g/mol. The molecule has 0 N–H and O–H groups in total. The van der Waals surface area contributed by atoms with Crippen molar-refractivity contribution in [2.45, 2.75) is 45.3 Å². The van der Waals surface area contributed by atoms with Crippen LogP contribution in [0.4, 0.5) is 19.1 Å². The van der Waals surface area contributed by atoms with Crippen molar-refractivity contribution < 1.29 is 18.0 Å². The number of carbonyl (C=O) groups is 1. The highest BCUT2D eigenvalue weighted by Gasteiger charge is 2.37. The fraction of sp³-hybridized carbons (Fsp3) is 0.409. The highest BCUT2D eigenvalue weighted by Crippen LogP contribution is 2.38. The molecule has 4 aromatic rings. The third-order valence-electron chi connectivity index (χ3n) is 6.06. The van der Waals surface area contributed by atoms with Crippen molar-refractivity contribution in [2.24, 2.45) is 7.05 Å². The van der Waals surface area contributed by atoms with Gasteiger partial charge in [0.2, 0.25) is 5.95 Å². The fourth-order valence-corrected chi connectivity index (χ4v) is 5.29. The van der Waals surface area contributed by atoms with Gasteiger partial charge in [0, 0.05) is 37.1 Å².